The monoisotopic (exact) mass is 237 g/mol. The first-order valence-corrected chi connectivity index (χ1v) is 5.24. The van der Waals surface area contributed by atoms with E-state index < -0.39 is 5.97 Å². The molecule has 17 heavy (non-hydrogen) atoms. The van der Waals surface area contributed by atoms with E-state index in [1.54, 1.807) is 24.3 Å². The predicted octanol–water partition coefficient (Wildman–Crippen LogP) is 1.04. The Morgan fingerprint density at radius 3 is 2.71 bits per heavy atom. The van der Waals surface area contributed by atoms with E-state index >= 15 is 0 Å². The topological polar surface area (TPSA) is 75.6 Å². The van der Waals surface area contributed by atoms with Crippen LogP contribution in [0.2, 0.25) is 0 Å². The highest BCUT2D eigenvalue weighted by atomic mass is 16.5. The second kappa shape index (κ2) is 6.65. The Morgan fingerprint density at radius 1 is 1.35 bits per heavy atom. The van der Waals surface area contributed by atoms with E-state index in [0.717, 1.165) is 0 Å². The van der Waals surface area contributed by atoms with Crippen LogP contribution in [0.4, 0.5) is 0 Å². The maximum atomic E-state index is 10.9. The minimum Gasteiger partial charge on any atom is -0.478 e. The summed E-state index contributed by atoms with van der Waals surface area (Å²) in [5.41, 5.74) is 0.975. The number of rotatable bonds is 6. The van der Waals surface area contributed by atoms with Gasteiger partial charge in [-0.25, -0.2) is 4.79 Å². The third kappa shape index (κ3) is 4.24. The fourth-order valence-electron chi connectivity index (χ4n) is 1.40. The Labute approximate surface area is 99.4 Å². The van der Waals surface area contributed by atoms with Gasteiger partial charge in [0.2, 0.25) is 0 Å². The molecule has 0 aliphatic carbocycles. The van der Waals surface area contributed by atoms with Crippen molar-refractivity contribution < 1.29 is 19.4 Å². The molecule has 0 heterocycles. The summed E-state index contributed by atoms with van der Waals surface area (Å²) in [6.45, 7) is 0.875. The number of esters is 1. The number of carboxylic acids is 1. The quantitative estimate of drug-likeness (QED) is 0.571. The smallest absolute Gasteiger partial charge is 0.336 e. The average molecular weight is 237 g/mol. The molecule has 0 unspecified atom stereocenters. The van der Waals surface area contributed by atoms with Crippen LogP contribution < -0.4 is 5.32 Å². The van der Waals surface area contributed by atoms with Gasteiger partial charge in [-0.05, 0) is 11.6 Å². The van der Waals surface area contributed by atoms with Gasteiger partial charge in [-0.3, -0.25) is 4.79 Å². The van der Waals surface area contributed by atoms with Crippen LogP contribution in [0.15, 0.2) is 24.3 Å². The predicted molar refractivity (Wildman–Crippen MR) is 61.7 cm³/mol. The minimum atomic E-state index is -0.949. The summed E-state index contributed by atoms with van der Waals surface area (Å²) >= 11 is 0. The molecule has 2 N–H and O–H groups in total. The molecule has 0 radical (unpaired) electrons. The van der Waals surface area contributed by atoms with Gasteiger partial charge < -0.3 is 15.2 Å². The number of methoxy groups -OCH3 is 1. The molecule has 0 fully saturated rings. The Balaban J connectivity index is 2.46. The highest BCUT2D eigenvalue weighted by Crippen LogP contribution is 2.08. The van der Waals surface area contributed by atoms with E-state index in [9.17, 15) is 9.59 Å². The summed E-state index contributed by atoms with van der Waals surface area (Å²) in [5, 5.41) is 11.9. The van der Waals surface area contributed by atoms with Crippen LogP contribution in [0.5, 0.6) is 0 Å². The van der Waals surface area contributed by atoms with Crippen molar-refractivity contribution in [1.29, 1.82) is 0 Å². The van der Waals surface area contributed by atoms with Gasteiger partial charge in [0.1, 0.15) is 0 Å². The van der Waals surface area contributed by atoms with Crippen LogP contribution in [0.25, 0.3) is 0 Å². The van der Waals surface area contributed by atoms with Crippen LogP contribution in [0.1, 0.15) is 22.3 Å². The van der Waals surface area contributed by atoms with Crippen LogP contribution in [-0.4, -0.2) is 30.7 Å². The van der Waals surface area contributed by atoms with Gasteiger partial charge in [0.15, 0.2) is 0 Å². The Hall–Kier alpha value is -1.88. The van der Waals surface area contributed by atoms with Crippen molar-refractivity contribution in [3.63, 3.8) is 0 Å². The number of aromatic carboxylic acids is 1. The van der Waals surface area contributed by atoms with Crippen LogP contribution in [0.3, 0.4) is 0 Å². The van der Waals surface area contributed by atoms with E-state index in [1.165, 1.54) is 7.11 Å². The van der Waals surface area contributed by atoms with Crippen LogP contribution in [0, 0.1) is 0 Å². The van der Waals surface area contributed by atoms with Crippen LogP contribution >= 0.6 is 0 Å². The molecule has 0 bridgehead atoms. The zero-order chi connectivity index (χ0) is 12.7. The lowest BCUT2D eigenvalue weighted by Gasteiger charge is -2.07. The largest absolute Gasteiger partial charge is 0.478 e. The van der Waals surface area contributed by atoms with E-state index in [1.807, 2.05) is 0 Å². The summed E-state index contributed by atoms with van der Waals surface area (Å²) in [6.07, 6.45) is 0.270. The summed E-state index contributed by atoms with van der Waals surface area (Å²) < 4.78 is 4.49. The van der Waals surface area contributed by atoms with Gasteiger partial charge in [-0.2, -0.15) is 0 Å². The van der Waals surface area contributed by atoms with Gasteiger partial charge in [0.05, 0.1) is 19.1 Å². The molecule has 1 aromatic carbocycles. The maximum absolute atomic E-state index is 10.9. The van der Waals surface area contributed by atoms with Crippen molar-refractivity contribution in [3.8, 4) is 0 Å². The van der Waals surface area contributed by atoms with E-state index in [2.05, 4.69) is 10.1 Å². The first-order valence-electron chi connectivity index (χ1n) is 5.24. The average Bonchev–Trinajstić information content (AvgIpc) is 2.34. The van der Waals surface area contributed by atoms with Gasteiger partial charge in [-0.1, -0.05) is 18.2 Å². The highest BCUT2D eigenvalue weighted by Gasteiger charge is 2.08. The van der Waals surface area contributed by atoms with Crippen molar-refractivity contribution in [2.75, 3.05) is 13.7 Å². The third-order valence-corrected chi connectivity index (χ3v) is 2.30. The zero-order valence-electron chi connectivity index (χ0n) is 9.60. The first-order chi connectivity index (χ1) is 8.15. The SMILES string of the molecule is COC(=O)CCNCc1ccccc1C(=O)O. The molecule has 0 atom stereocenters. The fraction of sp³-hybridized carbons (Fsp3) is 0.333. The van der Waals surface area contributed by atoms with E-state index in [4.69, 9.17) is 5.11 Å². The summed E-state index contributed by atoms with van der Waals surface area (Å²) in [7, 11) is 1.34. The van der Waals surface area contributed by atoms with Crippen molar-refractivity contribution in [1.82, 2.24) is 5.32 Å². The van der Waals surface area contributed by atoms with Crippen molar-refractivity contribution in [3.05, 3.63) is 35.4 Å². The van der Waals surface area contributed by atoms with Crippen molar-refractivity contribution >= 4 is 11.9 Å². The van der Waals surface area contributed by atoms with Gasteiger partial charge in [0, 0.05) is 13.1 Å². The summed E-state index contributed by atoms with van der Waals surface area (Å²) in [4.78, 5) is 21.7. The molecule has 0 aliphatic rings. The molecular weight excluding hydrogens is 222 g/mol. The Kier molecular flexibility index (Phi) is 5.16. The molecule has 5 heteroatoms. The number of carbonyl (C=O) groups excluding carboxylic acids is 1. The van der Waals surface area contributed by atoms with Gasteiger partial charge >= 0.3 is 11.9 Å². The third-order valence-electron chi connectivity index (χ3n) is 2.30. The molecule has 0 amide bonds. The number of hydrogen-bond acceptors (Lipinski definition) is 4. The number of benzene rings is 1. The lowest BCUT2D eigenvalue weighted by Crippen LogP contribution is -2.19. The van der Waals surface area contributed by atoms with E-state index in [-0.39, 0.29) is 18.0 Å². The maximum Gasteiger partial charge on any atom is 0.336 e. The number of nitrogens with one attached hydrogen (secondary N) is 1. The number of ether oxygens (including phenoxy) is 1. The Morgan fingerprint density at radius 2 is 2.06 bits per heavy atom. The fourth-order valence-corrected chi connectivity index (χ4v) is 1.40. The molecule has 0 aromatic heterocycles. The summed E-state index contributed by atoms with van der Waals surface area (Å²) in [5.74, 6) is -1.24. The molecule has 92 valence electrons. The second-order valence-corrected chi connectivity index (χ2v) is 3.47. The first kappa shape index (κ1) is 13.2. The minimum absolute atomic E-state index is 0.270. The zero-order valence-corrected chi connectivity index (χ0v) is 9.60. The molecule has 0 saturated carbocycles. The lowest BCUT2D eigenvalue weighted by atomic mass is 10.1. The van der Waals surface area contributed by atoms with Gasteiger partial charge in [0.25, 0.3) is 0 Å². The molecule has 0 aliphatic heterocycles. The molecule has 1 rings (SSSR count). The molecule has 0 spiro atoms. The number of hydrogen-bond donors (Lipinski definition) is 2. The van der Waals surface area contributed by atoms with Gasteiger partial charge in [-0.15, -0.1) is 0 Å². The lowest BCUT2D eigenvalue weighted by molar-refractivity contribution is -0.140. The summed E-state index contributed by atoms with van der Waals surface area (Å²) in [6, 6.07) is 6.76. The standard InChI is InChI=1S/C12H15NO4/c1-17-11(14)6-7-13-8-9-4-2-3-5-10(9)12(15)16/h2-5,13H,6-8H2,1H3,(H,15,16). The number of carboxylic acid groups (broad SMARTS) is 1. The number of carbonyl (C=O) groups is 2. The molecular formula is C12H15NO4. The van der Waals surface area contributed by atoms with E-state index in [0.29, 0.717) is 18.7 Å². The molecule has 1 aromatic rings. The van der Waals surface area contributed by atoms with Crippen molar-refractivity contribution in [2.45, 2.75) is 13.0 Å². The molecule has 5 nitrogen and oxygen atoms in total. The second-order valence-electron chi connectivity index (χ2n) is 3.47. The van der Waals surface area contributed by atoms with Crippen molar-refractivity contribution in [2.24, 2.45) is 0 Å². The van der Waals surface area contributed by atoms with Crippen LogP contribution in [-0.2, 0) is 16.1 Å². The molecule has 0 saturated heterocycles. The Bertz CT molecular complexity index is 403. The highest BCUT2D eigenvalue weighted by molar-refractivity contribution is 5.89. The normalized spacial score (nSPS) is 9.94.